The Morgan fingerprint density at radius 1 is 1.11 bits per heavy atom. The SMILES string of the molecule is COc1cc(Br)c(C(Cl)c2csc(Br)c2)cc1OC. The van der Waals surface area contributed by atoms with Crippen LogP contribution in [-0.2, 0) is 0 Å². The molecule has 0 spiro atoms. The van der Waals surface area contributed by atoms with Crippen LogP contribution < -0.4 is 9.47 Å². The second kappa shape index (κ2) is 6.48. The van der Waals surface area contributed by atoms with E-state index >= 15 is 0 Å². The second-order valence-corrected chi connectivity index (χ2v) is 7.36. The molecule has 2 rings (SSSR count). The van der Waals surface area contributed by atoms with Gasteiger partial charge in [0, 0.05) is 4.47 Å². The lowest BCUT2D eigenvalue weighted by Crippen LogP contribution is -1.97. The van der Waals surface area contributed by atoms with E-state index in [1.165, 1.54) is 0 Å². The highest BCUT2D eigenvalue weighted by atomic mass is 79.9. The quantitative estimate of drug-likeness (QED) is 0.591. The Kier molecular flexibility index (Phi) is 5.17. The third-order valence-electron chi connectivity index (χ3n) is 2.66. The minimum Gasteiger partial charge on any atom is -0.493 e. The summed E-state index contributed by atoms with van der Waals surface area (Å²) in [5.41, 5.74) is 2.00. The van der Waals surface area contributed by atoms with E-state index in [2.05, 4.69) is 31.9 Å². The first-order chi connectivity index (χ1) is 9.06. The maximum absolute atomic E-state index is 6.53. The van der Waals surface area contributed by atoms with E-state index in [0.717, 1.165) is 19.4 Å². The van der Waals surface area contributed by atoms with E-state index in [0.29, 0.717) is 11.5 Å². The highest BCUT2D eigenvalue weighted by molar-refractivity contribution is 9.11. The molecule has 6 heteroatoms. The number of thiophene rings is 1. The van der Waals surface area contributed by atoms with Gasteiger partial charge < -0.3 is 9.47 Å². The van der Waals surface area contributed by atoms with Crippen molar-refractivity contribution in [3.63, 3.8) is 0 Å². The normalized spacial score (nSPS) is 12.3. The zero-order valence-corrected chi connectivity index (χ0v) is 15.0. The lowest BCUT2D eigenvalue weighted by atomic mass is 10.1. The Morgan fingerprint density at radius 3 is 2.26 bits per heavy atom. The van der Waals surface area contributed by atoms with Crippen molar-refractivity contribution in [1.29, 1.82) is 0 Å². The molecule has 1 aromatic heterocycles. The Labute approximate surface area is 137 Å². The zero-order chi connectivity index (χ0) is 14.0. The van der Waals surface area contributed by atoms with Crippen LogP contribution in [0.4, 0.5) is 0 Å². The number of hydrogen-bond donors (Lipinski definition) is 0. The summed E-state index contributed by atoms with van der Waals surface area (Å²) in [7, 11) is 3.22. The molecule has 0 amide bonds. The average molecular weight is 427 g/mol. The second-order valence-electron chi connectivity index (χ2n) is 3.78. The highest BCUT2D eigenvalue weighted by Crippen LogP contribution is 2.41. The van der Waals surface area contributed by atoms with Gasteiger partial charge in [-0.1, -0.05) is 15.9 Å². The number of halogens is 3. The molecule has 0 aliphatic rings. The van der Waals surface area contributed by atoms with Gasteiger partial charge >= 0.3 is 0 Å². The van der Waals surface area contributed by atoms with Crippen molar-refractivity contribution in [2.24, 2.45) is 0 Å². The molecule has 2 nitrogen and oxygen atoms in total. The molecule has 1 unspecified atom stereocenters. The van der Waals surface area contributed by atoms with Crippen molar-refractivity contribution in [2.75, 3.05) is 14.2 Å². The first kappa shape index (κ1) is 15.2. The van der Waals surface area contributed by atoms with Gasteiger partial charge in [-0.2, -0.15) is 0 Å². The summed E-state index contributed by atoms with van der Waals surface area (Å²) >= 11 is 15.1. The molecule has 0 bridgehead atoms. The minimum atomic E-state index is -0.239. The van der Waals surface area contributed by atoms with Gasteiger partial charge in [0.05, 0.1) is 23.4 Å². The first-order valence-corrected chi connectivity index (χ1v) is 8.26. The fourth-order valence-electron chi connectivity index (χ4n) is 1.70. The van der Waals surface area contributed by atoms with Gasteiger partial charge in [0.2, 0.25) is 0 Å². The van der Waals surface area contributed by atoms with E-state index in [1.54, 1.807) is 25.6 Å². The maximum atomic E-state index is 6.53. The van der Waals surface area contributed by atoms with Gasteiger partial charge in [0.25, 0.3) is 0 Å². The molecule has 0 saturated heterocycles. The van der Waals surface area contributed by atoms with E-state index in [4.69, 9.17) is 21.1 Å². The fourth-order valence-corrected chi connectivity index (χ4v) is 3.97. The smallest absolute Gasteiger partial charge is 0.161 e. The molecule has 1 aromatic carbocycles. The average Bonchev–Trinajstić information content (AvgIpc) is 2.84. The number of hydrogen-bond acceptors (Lipinski definition) is 3. The third kappa shape index (κ3) is 3.27. The monoisotopic (exact) mass is 424 g/mol. The summed E-state index contributed by atoms with van der Waals surface area (Å²) in [6.45, 7) is 0. The highest BCUT2D eigenvalue weighted by Gasteiger charge is 2.18. The number of rotatable bonds is 4. The lowest BCUT2D eigenvalue weighted by Gasteiger charge is -2.15. The molecular formula is C13H11Br2ClO2S. The molecule has 0 saturated carbocycles. The van der Waals surface area contributed by atoms with Crippen molar-refractivity contribution < 1.29 is 9.47 Å². The van der Waals surface area contributed by atoms with Gasteiger partial charge in [-0.25, -0.2) is 0 Å². The molecular weight excluding hydrogens is 415 g/mol. The Hall–Kier alpha value is -0.230. The Morgan fingerprint density at radius 2 is 1.74 bits per heavy atom. The van der Waals surface area contributed by atoms with E-state index in [-0.39, 0.29) is 5.38 Å². The molecule has 0 aliphatic heterocycles. The van der Waals surface area contributed by atoms with Gasteiger partial charge in [-0.05, 0) is 50.6 Å². The maximum Gasteiger partial charge on any atom is 0.161 e. The Balaban J connectivity index is 2.44. The number of alkyl halides is 1. The van der Waals surface area contributed by atoms with Crippen LogP contribution in [0.2, 0.25) is 0 Å². The van der Waals surface area contributed by atoms with Crippen LogP contribution in [0.15, 0.2) is 31.8 Å². The molecule has 0 radical (unpaired) electrons. The van der Waals surface area contributed by atoms with Crippen LogP contribution >= 0.6 is 54.8 Å². The summed E-state index contributed by atoms with van der Waals surface area (Å²) in [5, 5.41) is 1.79. The molecule has 102 valence electrons. The topological polar surface area (TPSA) is 18.5 Å². The summed E-state index contributed by atoms with van der Waals surface area (Å²) < 4.78 is 12.5. The predicted octanol–water partition coefficient (Wildman–Crippen LogP) is 5.62. The van der Waals surface area contributed by atoms with Gasteiger partial charge in [-0.3, -0.25) is 0 Å². The third-order valence-corrected chi connectivity index (χ3v) is 5.35. The van der Waals surface area contributed by atoms with Crippen molar-refractivity contribution in [3.8, 4) is 11.5 Å². The molecule has 0 N–H and O–H groups in total. The lowest BCUT2D eigenvalue weighted by molar-refractivity contribution is 0.354. The van der Waals surface area contributed by atoms with Crippen molar-refractivity contribution in [1.82, 2.24) is 0 Å². The molecule has 0 aliphatic carbocycles. The summed E-state index contributed by atoms with van der Waals surface area (Å²) in [4.78, 5) is 0. The summed E-state index contributed by atoms with van der Waals surface area (Å²) in [6.07, 6.45) is 0. The van der Waals surface area contributed by atoms with Crippen LogP contribution in [-0.4, -0.2) is 14.2 Å². The Bertz CT molecular complexity index is 586. The largest absolute Gasteiger partial charge is 0.493 e. The number of benzene rings is 1. The van der Waals surface area contributed by atoms with Crippen molar-refractivity contribution in [2.45, 2.75) is 5.38 Å². The van der Waals surface area contributed by atoms with E-state index in [9.17, 15) is 0 Å². The van der Waals surface area contributed by atoms with E-state index < -0.39 is 0 Å². The van der Waals surface area contributed by atoms with Crippen LogP contribution in [0.3, 0.4) is 0 Å². The zero-order valence-electron chi connectivity index (χ0n) is 10.2. The van der Waals surface area contributed by atoms with Gasteiger partial charge in [-0.15, -0.1) is 22.9 Å². The predicted molar refractivity (Wildman–Crippen MR) is 87.0 cm³/mol. The molecule has 19 heavy (non-hydrogen) atoms. The van der Waals surface area contributed by atoms with Crippen LogP contribution in [0.5, 0.6) is 11.5 Å². The molecule has 1 heterocycles. The summed E-state index contributed by atoms with van der Waals surface area (Å²) in [5.74, 6) is 1.34. The van der Waals surface area contributed by atoms with Crippen LogP contribution in [0.1, 0.15) is 16.5 Å². The standard InChI is InChI=1S/C13H11Br2ClO2S/c1-17-10-4-8(9(14)5-11(10)18-2)13(16)7-3-12(15)19-6-7/h3-6,13H,1-2H3. The van der Waals surface area contributed by atoms with Crippen molar-refractivity contribution in [3.05, 3.63) is 43.0 Å². The number of methoxy groups -OCH3 is 2. The van der Waals surface area contributed by atoms with Crippen LogP contribution in [0.25, 0.3) is 0 Å². The number of ether oxygens (including phenoxy) is 2. The van der Waals surface area contributed by atoms with Crippen LogP contribution in [0, 0.1) is 0 Å². The first-order valence-electron chi connectivity index (χ1n) is 5.36. The summed E-state index contributed by atoms with van der Waals surface area (Å²) in [6, 6.07) is 5.78. The molecule has 0 fully saturated rings. The van der Waals surface area contributed by atoms with Crippen molar-refractivity contribution >= 4 is 54.8 Å². The minimum absolute atomic E-state index is 0.239. The molecule has 2 aromatic rings. The van der Waals surface area contributed by atoms with E-state index in [1.807, 2.05) is 23.6 Å². The van der Waals surface area contributed by atoms with Gasteiger partial charge in [0.1, 0.15) is 0 Å². The van der Waals surface area contributed by atoms with Gasteiger partial charge in [0.15, 0.2) is 11.5 Å². The fraction of sp³-hybridized carbons (Fsp3) is 0.231. The molecule has 1 atom stereocenters.